The van der Waals surface area contributed by atoms with Crippen LogP contribution in [0, 0.1) is 10.1 Å². The zero-order chi connectivity index (χ0) is 23.8. The predicted molar refractivity (Wildman–Crippen MR) is 127 cm³/mol. The lowest BCUT2D eigenvalue weighted by Gasteiger charge is -2.19. The number of hydrogen-bond donors (Lipinski definition) is 2. The molecule has 2 N–H and O–H groups in total. The number of thiazole rings is 1. The van der Waals surface area contributed by atoms with Crippen LogP contribution in [0.25, 0.3) is 11.3 Å². The van der Waals surface area contributed by atoms with Gasteiger partial charge in [-0.2, -0.15) is 0 Å². The van der Waals surface area contributed by atoms with Crippen LogP contribution in [0.1, 0.15) is 6.92 Å². The summed E-state index contributed by atoms with van der Waals surface area (Å²) in [6.07, 6.45) is 0. The first kappa shape index (κ1) is 23.8. The first-order valence-corrected chi connectivity index (χ1v) is 10.9. The molecular formula is C22H23N5O5S. The van der Waals surface area contributed by atoms with Gasteiger partial charge in [-0.25, -0.2) is 4.98 Å². The fourth-order valence-electron chi connectivity index (χ4n) is 2.96. The molecule has 0 spiro atoms. The second-order valence-electron chi connectivity index (χ2n) is 6.97. The van der Waals surface area contributed by atoms with Gasteiger partial charge in [0.25, 0.3) is 5.69 Å². The number of nitro benzene ring substituents is 1. The van der Waals surface area contributed by atoms with Crippen LogP contribution in [0.2, 0.25) is 0 Å². The van der Waals surface area contributed by atoms with Crippen LogP contribution < -0.4 is 15.4 Å². The quantitative estimate of drug-likeness (QED) is 0.343. The maximum Gasteiger partial charge on any atom is 0.270 e. The molecule has 0 fully saturated rings. The Morgan fingerprint density at radius 3 is 2.45 bits per heavy atom. The van der Waals surface area contributed by atoms with Crippen molar-refractivity contribution in [2.75, 3.05) is 37.4 Å². The number of benzene rings is 2. The molecule has 0 bridgehead atoms. The number of anilines is 2. The van der Waals surface area contributed by atoms with Crippen LogP contribution in [0.4, 0.5) is 16.5 Å². The molecule has 172 valence electrons. The standard InChI is InChI=1S/C22H23N5O5S/c1-3-26(12-20(28)23-16-7-9-18(32-2)10-8-16)13-21(29)25-22-24-19(14-33-22)15-5-4-6-17(11-15)27(30)31/h4-11,14H,3,12-13H2,1-2H3,(H,23,28)(H,24,25,29). The largest absolute Gasteiger partial charge is 0.497 e. The molecule has 0 radical (unpaired) electrons. The van der Waals surface area contributed by atoms with Crippen LogP contribution in [0.15, 0.2) is 53.9 Å². The smallest absolute Gasteiger partial charge is 0.270 e. The van der Waals surface area contributed by atoms with Crippen molar-refractivity contribution in [3.63, 3.8) is 0 Å². The number of carbonyl (C=O) groups is 2. The van der Waals surface area contributed by atoms with Crippen molar-refractivity contribution in [2.24, 2.45) is 0 Å². The number of carbonyl (C=O) groups excluding carboxylic acids is 2. The number of aromatic nitrogens is 1. The minimum atomic E-state index is -0.470. The summed E-state index contributed by atoms with van der Waals surface area (Å²) in [5, 5.41) is 18.6. The fourth-order valence-corrected chi connectivity index (χ4v) is 3.70. The molecule has 10 nitrogen and oxygen atoms in total. The first-order chi connectivity index (χ1) is 15.9. The highest BCUT2D eigenvalue weighted by Gasteiger charge is 2.16. The van der Waals surface area contributed by atoms with E-state index in [0.717, 1.165) is 0 Å². The lowest BCUT2D eigenvalue weighted by atomic mass is 10.1. The van der Waals surface area contributed by atoms with Crippen molar-refractivity contribution in [3.05, 3.63) is 64.0 Å². The Bertz CT molecular complexity index is 1130. The summed E-state index contributed by atoms with van der Waals surface area (Å²) in [5.41, 5.74) is 1.73. The number of non-ortho nitro benzene ring substituents is 1. The maximum atomic E-state index is 12.5. The predicted octanol–water partition coefficient (Wildman–Crippen LogP) is 3.63. The lowest BCUT2D eigenvalue weighted by Crippen LogP contribution is -2.38. The zero-order valence-corrected chi connectivity index (χ0v) is 18.9. The topological polar surface area (TPSA) is 127 Å². The summed E-state index contributed by atoms with van der Waals surface area (Å²) in [7, 11) is 1.57. The molecule has 0 aliphatic rings. The number of nitro groups is 1. The van der Waals surface area contributed by atoms with E-state index in [2.05, 4.69) is 15.6 Å². The summed E-state index contributed by atoms with van der Waals surface area (Å²) < 4.78 is 5.09. The van der Waals surface area contributed by atoms with Crippen molar-refractivity contribution < 1.29 is 19.2 Å². The average Bonchev–Trinajstić information content (AvgIpc) is 3.27. The molecule has 0 aliphatic carbocycles. The highest BCUT2D eigenvalue weighted by molar-refractivity contribution is 7.14. The van der Waals surface area contributed by atoms with Crippen molar-refractivity contribution in [3.8, 4) is 17.0 Å². The molecule has 1 heterocycles. The van der Waals surface area contributed by atoms with E-state index < -0.39 is 4.92 Å². The van der Waals surface area contributed by atoms with Gasteiger partial charge in [0.05, 0.1) is 30.8 Å². The summed E-state index contributed by atoms with van der Waals surface area (Å²) >= 11 is 1.22. The summed E-state index contributed by atoms with van der Waals surface area (Å²) in [6.45, 7) is 2.42. The molecule has 1 aromatic heterocycles. The molecule has 3 rings (SSSR count). The molecule has 33 heavy (non-hydrogen) atoms. The van der Waals surface area contributed by atoms with E-state index in [1.165, 1.54) is 23.5 Å². The second kappa shape index (κ2) is 11.2. The third kappa shape index (κ3) is 6.82. The monoisotopic (exact) mass is 469 g/mol. The molecule has 2 aromatic carbocycles. The molecule has 0 saturated heterocycles. The van der Waals surface area contributed by atoms with Crippen molar-refractivity contribution in [1.82, 2.24) is 9.88 Å². The third-order valence-electron chi connectivity index (χ3n) is 4.66. The van der Waals surface area contributed by atoms with Gasteiger partial charge in [-0.1, -0.05) is 19.1 Å². The molecule has 0 unspecified atom stereocenters. The number of nitrogens with zero attached hydrogens (tertiary/aromatic N) is 3. The van der Waals surface area contributed by atoms with Gasteiger partial charge in [0.1, 0.15) is 5.75 Å². The van der Waals surface area contributed by atoms with E-state index in [4.69, 9.17) is 4.74 Å². The molecule has 2 amide bonds. The van der Waals surface area contributed by atoms with Gasteiger partial charge in [0, 0.05) is 28.8 Å². The maximum absolute atomic E-state index is 12.5. The van der Waals surface area contributed by atoms with Gasteiger partial charge >= 0.3 is 0 Å². The van der Waals surface area contributed by atoms with Gasteiger partial charge < -0.3 is 15.4 Å². The summed E-state index contributed by atoms with van der Waals surface area (Å²) in [6, 6.07) is 13.1. The molecule has 0 saturated carbocycles. The summed E-state index contributed by atoms with van der Waals surface area (Å²) in [4.78, 5) is 41.3. The van der Waals surface area contributed by atoms with Gasteiger partial charge in [0.2, 0.25) is 11.8 Å². The Balaban J connectivity index is 1.54. The number of amides is 2. The molecule has 0 aliphatic heterocycles. The van der Waals surface area contributed by atoms with Crippen LogP contribution in [-0.2, 0) is 9.59 Å². The number of rotatable bonds is 10. The van der Waals surface area contributed by atoms with E-state index in [1.54, 1.807) is 53.8 Å². The lowest BCUT2D eigenvalue weighted by molar-refractivity contribution is -0.384. The molecule has 3 aromatic rings. The van der Waals surface area contributed by atoms with Crippen LogP contribution in [0.3, 0.4) is 0 Å². The van der Waals surface area contributed by atoms with E-state index in [0.29, 0.717) is 34.4 Å². The Hall–Kier alpha value is -3.83. The fraction of sp³-hybridized carbons (Fsp3) is 0.227. The minimum absolute atomic E-state index is 0.0122. The highest BCUT2D eigenvalue weighted by atomic mass is 32.1. The van der Waals surface area contributed by atoms with Gasteiger partial charge in [-0.3, -0.25) is 24.6 Å². The van der Waals surface area contributed by atoms with Crippen LogP contribution in [0.5, 0.6) is 5.75 Å². The number of methoxy groups -OCH3 is 1. The first-order valence-electron chi connectivity index (χ1n) is 10.0. The van der Waals surface area contributed by atoms with Gasteiger partial charge in [-0.15, -0.1) is 11.3 Å². The molecule has 11 heteroatoms. The number of nitrogens with one attached hydrogen (secondary N) is 2. The Labute approximate surface area is 194 Å². The van der Waals surface area contributed by atoms with Crippen LogP contribution >= 0.6 is 11.3 Å². The number of likely N-dealkylation sites (N-methyl/N-ethyl adjacent to an activating group) is 1. The third-order valence-corrected chi connectivity index (χ3v) is 5.42. The Morgan fingerprint density at radius 2 is 1.82 bits per heavy atom. The number of hydrogen-bond acceptors (Lipinski definition) is 8. The van der Waals surface area contributed by atoms with Crippen molar-refractivity contribution in [2.45, 2.75) is 6.92 Å². The van der Waals surface area contributed by atoms with Gasteiger partial charge in [-0.05, 0) is 30.8 Å². The average molecular weight is 470 g/mol. The van der Waals surface area contributed by atoms with Gasteiger partial charge in [0.15, 0.2) is 5.13 Å². The Morgan fingerprint density at radius 1 is 1.12 bits per heavy atom. The van der Waals surface area contributed by atoms with E-state index >= 15 is 0 Å². The molecular weight excluding hydrogens is 446 g/mol. The number of ether oxygens (including phenoxy) is 1. The second-order valence-corrected chi connectivity index (χ2v) is 7.83. The van der Waals surface area contributed by atoms with Crippen molar-refractivity contribution in [1.29, 1.82) is 0 Å². The SMILES string of the molecule is CCN(CC(=O)Nc1ccc(OC)cc1)CC(=O)Nc1nc(-c2cccc([N+](=O)[O-])c2)cs1. The normalized spacial score (nSPS) is 10.6. The minimum Gasteiger partial charge on any atom is -0.497 e. The highest BCUT2D eigenvalue weighted by Crippen LogP contribution is 2.27. The molecule has 0 atom stereocenters. The van der Waals surface area contributed by atoms with Crippen LogP contribution in [-0.4, -0.2) is 53.4 Å². The zero-order valence-electron chi connectivity index (χ0n) is 18.1. The Kier molecular flexibility index (Phi) is 8.06. The van der Waals surface area contributed by atoms with E-state index in [1.807, 2.05) is 6.92 Å². The van der Waals surface area contributed by atoms with Crippen molar-refractivity contribution >= 4 is 39.7 Å². The summed E-state index contributed by atoms with van der Waals surface area (Å²) in [5.74, 6) is 0.141. The van der Waals surface area contributed by atoms with E-state index in [-0.39, 0.29) is 30.6 Å². The van der Waals surface area contributed by atoms with E-state index in [9.17, 15) is 19.7 Å².